The van der Waals surface area contributed by atoms with E-state index in [-0.39, 0.29) is 25.0 Å². The molecule has 2 atom stereocenters. The van der Waals surface area contributed by atoms with Crippen LogP contribution >= 0.6 is 12.2 Å². The quantitative estimate of drug-likeness (QED) is 0.0967. The Morgan fingerprint density at radius 1 is 0.841 bits per heavy atom. The van der Waals surface area contributed by atoms with Crippen LogP contribution in [0.3, 0.4) is 0 Å². The Bertz CT molecular complexity index is 1350. The molecule has 3 rings (SSSR count). The third-order valence-corrected chi connectivity index (χ3v) is 7.29. The number of unbranched alkanes of at least 4 members (excludes halogenated alkanes) is 2. The van der Waals surface area contributed by atoms with Crippen LogP contribution in [0.2, 0.25) is 0 Å². The molecule has 6 N–H and O–H groups in total. The van der Waals surface area contributed by atoms with Gasteiger partial charge in [-0.1, -0.05) is 61.9 Å². The van der Waals surface area contributed by atoms with E-state index in [0.29, 0.717) is 24.5 Å². The molecule has 0 saturated heterocycles. The molecule has 0 aliphatic heterocycles. The Morgan fingerprint density at radius 2 is 1.52 bits per heavy atom. The van der Waals surface area contributed by atoms with E-state index in [9.17, 15) is 14.4 Å². The standard InChI is InChI=1S/C33H46N6O4S/c1-4-5-18-34-32(44)35-19-12-11-17-28(39-33(42)43-22-24-13-7-6-8-14-24)30(40)38-29(31(41)37-23(2)3)20-25-21-36-27-16-10-9-15-26(25)27/h6-10,13-16,21,23,28-29,36H,4-5,11-12,17-20,22H2,1-3H3,(H,37,41)(H,38,40)(H,39,42)(H2,34,35,44)/t28-,29-/m0/s1. The number of benzene rings is 2. The summed E-state index contributed by atoms with van der Waals surface area (Å²) in [5.74, 6) is -0.743. The Morgan fingerprint density at radius 3 is 2.25 bits per heavy atom. The minimum Gasteiger partial charge on any atom is -0.445 e. The highest BCUT2D eigenvalue weighted by Gasteiger charge is 2.28. The predicted octanol–water partition coefficient (Wildman–Crippen LogP) is 4.45. The van der Waals surface area contributed by atoms with E-state index in [1.54, 1.807) is 0 Å². The molecule has 0 bridgehead atoms. The zero-order chi connectivity index (χ0) is 31.7. The van der Waals surface area contributed by atoms with Crippen molar-refractivity contribution >= 4 is 46.1 Å². The lowest BCUT2D eigenvalue weighted by molar-refractivity contribution is -0.130. The van der Waals surface area contributed by atoms with Gasteiger partial charge in [0.15, 0.2) is 5.11 Å². The minimum absolute atomic E-state index is 0.0768. The molecule has 0 spiro atoms. The highest BCUT2D eigenvalue weighted by atomic mass is 32.1. The Kier molecular flexibility index (Phi) is 14.5. The normalized spacial score (nSPS) is 12.3. The van der Waals surface area contributed by atoms with Crippen molar-refractivity contribution in [2.24, 2.45) is 0 Å². The van der Waals surface area contributed by atoms with Gasteiger partial charge in [-0.05, 0) is 68.9 Å². The van der Waals surface area contributed by atoms with Crippen molar-refractivity contribution in [2.45, 2.75) is 84.0 Å². The topological polar surface area (TPSA) is 136 Å². The molecule has 238 valence electrons. The summed E-state index contributed by atoms with van der Waals surface area (Å²) in [6, 6.07) is 15.3. The first-order valence-corrected chi connectivity index (χ1v) is 15.8. The van der Waals surface area contributed by atoms with Crippen molar-refractivity contribution in [2.75, 3.05) is 13.1 Å². The van der Waals surface area contributed by atoms with Gasteiger partial charge < -0.3 is 36.3 Å². The van der Waals surface area contributed by atoms with Crippen LogP contribution in [0.4, 0.5) is 4.79 Å². The number of amides is 3. The maximum atomic E-state index is 13.6. The van der Waals surface area contributed by atoms with E-state index in [1.165, 1.54) is 0 Å². The number of alkyl carbamates (subject to hydrolysis) is 1. The lowest BCUT2D eigenvalue weighted by Crippen LogP contribution is -2.55. The van der Waals surface area contributed by atoms with Gasteiger partial charge in [0.25, 0.3) is 0 Å². The molecule has 1 aromatic heterocycles. The largest absolute Gasteiger partial charge is 0.445 e. The van der Waals surface area contributed by atoms with Crippen molar-refractivity contribution in [1.29, 1.82) is 0 Å². The number of ether oxygens (including phenoxy) is 1. The van der Waals surface area contributed by atoms with E-state index in [2.05, 4.69) is 38.5 Å². The average Bonchev–Trinajstić information content (AvgIpc) is 3.42. The number of thiocarbonyl (C=S) groups is 1. The van der Waals surface area contributed by atoms with Gasteiger partial charge in [0, 0.05) is 42.7 Å². The molecule has 44 heavy (non-hydrogen) atoms. The first kappa shape index (κ1) is 34.4. The molecule has 0 saturated carbocycles. The van der Waals surface area contributed by atoms with Gasteiger partial charge in [0.2, 0.25) is 11.8 Å². The van der Waals surface area contributed by atoms with Gasteiger partial charge in [-0.2, -0.15) is 0 Å². The first-order valence-electron chi connectivity index (χ1n) is 15.4. The highest BCUT2D eigenvalue weighted by molar-refractivity contribution is 7.80. The summed E-state index contributed by atoms with van der Waals surface area (Å²) in [5.41, 5.74) is 2.69. The SMILES string of the molecule is CCCCNC(=S)NCCCC[C@H](NC(=O)OCc1ccccc1)C(=O)N[C@@H](Cc1c[nH]c2ccccc12)C(=O)NC(C)C. The van der Waals surface area contributed by atoms with Crippen LogP contribution in [-0.2, 0) is 27.4 Å². The number of rotatable bonds is 17. The van der Waals surface area contributed by atoms with E-state index in [4.69, 9.17) is 17.0 Å². The maximum Gasteiger partial charge on any atom is 0.408 e. The van der Waals surface area contributed by atoms with Crippen LogP contribution in [0.15, 0.2) is 60.8 Å². The van der Waals surface area contributed by atoms with Gasteiger partial charge in [0.1, 0.15) is 18.7 Å². The highest BCUT2D eigenvalue weighted by Crippen LogP contribution is 2.19. The molecule has 0 aliphatic rings. The first-order chi connectivity index (χ1) is 21.3. The van der Waals surface area contributed by atoms with Crippen LogP contribution in [0.1, 0.15) is 64.0 Å². The van der Waals surface area contributed by atoms with Gasteiger partial charge in [0.05, 0.1) is 0 Å². The smallest absolute Gasteiger partial charge is 0.408 e. The Labute approximate surface area is 265 Å². The van der Waals surface area contributed by atoms with Crippen molar-refractivity contribution in [3.63, 3.8) is 0 Å². The van der Waals surface area contributed by atoms with Crippen LogP contribution in [0.25, 0.3) is 10.9 Å². The maximum absolute atomic E-state index is 13.6. The zero-order valence-corrected chi connectivity index (χ0v) is 26.7. The van der Waals surface area contributed by atoms with Crippen molar-refractivity contribution in [3.8, 4) is 0 Å². The summed E-state index contributed by atoms with van der Waals surface area (Å²) in [5, 5.41) is 16.5. The number of fused-ring (bicyclic) bond motifs is 1. The predicted molar refractivity (Wildman–Crippen MR) is 178 cm³/mol. The van der Waals surface area contributed by atoms with E-state index < -0.39 is 24.1 Å². The lowest BCUT2D eigenvalue weighted by Gasteiger charge is -2.24. The van der Waals surface area contributed by atoms with E-state index >= 15 is 0 Å². The molecule has 3 amide bonds. The molecular weight excluding hydrogens is 576 g/mol. The second kappa shape index (κ2) is 18.5. The molecular formula is C33H46N6O4S. The van der Waals surface area contributed by atoms with Gasteiger partial charge >= 0.3 is 6.09 Å². The third-order valence-electron chi connectivity index (χ3n) is 7.01. The number of hydrogen-bond donors (Lipinski definition) is 6. The Hall–Kier alpha value is -4.12. The fraction of sp³-hybridized carbons (Fsp3) is 0.455. The second-order valence-corrected chi connectivity index (χ2v) is 11.5. The summed E-state index contributed by atoms with van der Waals surface area (Å²) in [6.07, 6.45) is 5.29. The van der Waals surface area contributed by atoms with Crippen molar-refractivity contribution in [1.82, 2.24) is 31.6 Å². The molecule has 0 aliphatic carbocycles. The number of H-pyrrole nitrogens is 1. The monoisotopic (exact) mass is 622 g/mol. The number of carbonyl (C=O) groups excluding carboxylic acids is 3. The number of para-hydroxylation sites is 1. The number of nitrogens with one attached hydrogen (secondary N) is 6. The Balaban J connectivity index is 1.66. The molecule has 2 aromatic carbocycles. The number of aromatic amines is 1. The molecule has 3 aromatic rings. The van der Waals surface area contributed by atoms with Gasteiger partial charge in [-0.15, -0.1) is 0 Å². The molecule has 0 fully saturated rings. The van der Waals surface area contributed by atoms with Crippen LogP contribution in [0, 0.1) is 0 Å². The van der Waals surface area contributed by atoms with Crippen molar-refractivity contribution < 1.29 is 19.1 Å². The summed E-state index contributed by atoms with van der Waals surface area (Å²) in [7, 11) is 0. The third kappa shape index (κ3) is 11.9. The number of hydrogen-bond acceptors (Lipinski definition) is 5. The second-order valence-electron chi connectivity index (χ2n) is 11.1. The minimum atomic E-state index is -0.898. The molecule has 1 heterocycles. The fourth-order valence-electron chi connectivity index (χ4n) is 4.68. The van der Waals surface area contributed by atoms with Gasteiger partial charge in [-0.3, -0.25) is 9.59 Å². The average molecular weight is 623 g/mol. The van der Waals surface area contributed by atoms with E-state index in [0.717, 1.165) is 47.8 Å². The summed E-state index contributed by atoms with van der Waals surface area (Å²) >= 11 is 5.31. The van der Waals surface area contributed by atoms with Gasteiger partial charge in [-0.25, -0.2) is 4.79 Å². The van der Waals surface area contributed by atoms with Crippen molar-refractivity contribution in [3.05, 3.63) is 71.9 Å². The van der Waals surface area contributed by atoms with E-state index in [1.807, 2.05) is 74.6 Å². The molecule has 0 unspecified atom stereocenters. The summed E-state index contributed by atoms with van der Waals surface area (Å²) in [6.45, 7) is 7.39. The molecule has 11 heteroatoms. The fourth-order valence-corrected chi connectivity index (χ4v) is 4.88. The molecule has 10 nitrogen and oxygen atoms in total. The van der Waals surface area contributed by atoms with Crippen LogP contribution in [0.5, 0.6) is 0 Å². The summed E-state index contributed by atoms with van der Waals surface area (Å²) < 4.78 is 5.40. The molecule has 0 radical (unpaired) electrons. The lowest BCUT2D eigenvalue weighted by atomic mass is 10.0. The van der Waals surface area contributed by atoms with Crippen LogP contribution < -0.4 is 26.6 Å². The number of aromatic nitrogens is 1. The number of carbonyl (C=O) groups is 3. The summed E-state index contributed by atoms with van der Waals surface area (Å²) in [4.78, 5) is 42.9. The van der Waals surface area contributed by atoms with Crippen LogP contribution in [-0.4, -0.2) is 59.2 Å². The zero-order valence-electron chi connectivity index (χ0n) is 25.9.